The minimum absolute atomic E-state index is 1.04. The fourth-order valence-corrected chi connectivity index (χ4v) is 6.18. The summed E-state index contributed by atoms with van der Waals surface area (Å²) in [5.41, 5.74) is 10.3. The monoisotopic (exact) mass is 575 g/mol. The summed E-state index contributed by atoms with van der Waals surface area (Å²) in [6.45, 7) is 7.87. The lowest BCUT2D eigenvalue weighted by Gasteiger charge is -2.27. The quantitative estimate of drug-likeness (QED) is 0.129. The van der Waals surface area contributed by atoms with Crippen molar-refractivity contribution in [3.05, 3.63) is 195 Å². The molecule has 0 radical (unpaired) electrons. The van der Waals surface area contributed by atoms with Gasteiger partial charge in [-0.3, -0.25) is 0 Å². The van der Waals surface area contributed by atoms with Gasteiger partial charge < -0.3 is 4.90 Å². The van der Waals surface area contributed by atoms with Gasteiger partial charge in [0.1, 0.15) is 0 Å². The average Bonchev–Trinajstić information content (AvgIpc) is 3.12. The molecule has 7 aromatic carbocycles. The maximum atomic E-state index is 4.00. The number of allylic oxidation sites excluding steroid dienone is 4. The van der Waals surface area contributed by atoms with Crippen LogP contribution in [0.4, 0.5) is 17.1 Å². The maximum absolute atomic E-state index is 4.00. The Balaban J connectivity index is 1.41. The molecule has 0 aromatic heterocycles. The minimum atomic E-state index is 1.04. The first-order valence-electron chi connectivity index (χ1n) is 15.3. The van der Waals surface area contributed by atoms with Crippen molar-refractivity contribution in [2.24, 2.45) is 0 Å². The van der Waals surface area contributed by atoms with Gasteiger partial charge in [-0.1, -0.05) is 147 Å². The van der Waals surface area contributed by atoms with Crippen LogP contribution < -0.4 is 4.90 Å². The van der Waals surface area contributed by atoms with E-state index in [9.17, 15) is 0 Å². The molecule has 45 heavy (non-hydrogen) atoms. The number of nitrogens with zero attached hydrogens (tertiary/aromatic N) is 1. The van der Waals surface area contributed by atoms with Crippen LogP contribution in [0.2, 0.25) is 0 Å². The largest absolute Gasteiger partial charge is 0.310 e. The van der Waals surface area contributed by atoms with Crippen LogP contribution in [0.15, 0.2) is 189 Å². The van der Waals surface area contributed by atoms with Crippen molar-refractivity contribution >= 4 is 44.2 Å². The third-order valence-electron chi connectivity index (χ3n) is 8.40. The van der Waals surface area contributed by atoms with E-state index >= 15 is 0 Å². The van der Waals surface area contributed by atoms with Gasteiger partial charge in [0.25, 0.3) is 0 Å². The second-order valence-electron chi connectivity index (χ2n) is 11.1. The van der Waals surface area contributed by atoms with Gasteiger partial charge in [-0.15, -0.1) is 0 Å². The van der Waals surface area contributed by atoms with Gasteiger partial charge in [0.05, 0.1) is 0 Å². The summed E-state index contributed by atoms with van der Waals surface area (Å²) in [7, 11) is 0. The normalized spacial score (nSPS) is 11.4. The van der Waals surface area contributed by atoms with Crippen molar-refractivity contribution in [1.29, 1.82) is 0 Å². The number of fused-ring (bicyclic) bond motifs is 3. The van der Waals surface area contributed by atoms with Crippen molar-refractivity contribution < 1.29 is 0 Å². The van der Waals surface area contributed by atoms with Crippen molar-refractivity contribution in [3.8, 4) is 22.3 Å². The van der Waals surface area contributed by atoms with Crippen LogP contribution in [0.5, 0.6) is 0 Å². The van der Waals surface area contributed by atoms with Crippen molar-refractivity contribution in [3.63, 3.8) is 0 Å². The molecular weight excluding hydrogens is 542 g/mol. The van der Waals surface area contributed by atoms with Crippen molar-refractivity contribution in [2.45, 2.75) is 0 Å². The predicted molar refractivity (Wildman–Crippen MR) is 195 cm³/mol. The van der Waals surface area contributed by atoms with Crippen LogP contribution in [0.25, 0.3) is 49.4 Å². The fraction of sp³-hybridized carbons (Fsp3) is 0. The molecule has 0 heterocycles. The van der Waals surface area contributed by atoms with Gasteiger partial charge in [-0.25, -0.2) is 0 Å². The molecule has 7 aromatic rings. The fourth-order valence-electron chi connectivity index (χ4n) is 6.18. The van der Waals surface area contributed by atoms with Crippen LogP contribution in [-0.4, -0.2) is 0 Å². The number of rotatable bonds is 8. The Bertz CT molecular complexity index is 2150. The number of benzene rings is 7. The van der Waals surface area contributed by atoms with E-state index in [0.717, 1.165) is 28.2 Å². The predicted octanol–water partition coefficient (Wildman–Crippen LogP) is 12.6. The Kier molecular flexibility index (Phi) is 7.66. The molecule has 214 valence electrons. The molecule has 0 unspecified atom stereocenters. The molecule has 0 bridgehead atoms. The van der Waals surface area contributed by atoms with Gasteiger partial charge >= 0.3 is 0 Å². The lowest BCUT2D eigenvalue weighted by Crippen LogP contribution is -2.10. The molecule has 0 aliphatic carbocycles. The van der Waals surface area contributed by atoms with E-state index in [-0.39, 0.29) is 0 Å². The van der Waals surface area contributed by atoms with Gasteiger partial charge in [-0.2, -0.15) is 0 Å². The molecule has 0 spiro atoms. The third kappa shape index (κ3) is 5.48. The molecule has 1 nitrogen and oxygen atoms in total. The number of hydrogen-bond acceptors (Lipinski definition) is 1. The topological polar surface area (TPSA) is 3.24 Å². The highest BCUT2D eigenvalue weighted by atomic mass is 15.1. The summed E-state index contributed by atoms with van der Waals surface area (Å²) < 4.78 is 0. The lowest BCUT2D eigenvalue weighted by molar-refractivity contribution is 1.29. The van der Waals surface area contributed by atoms with Crippen molar-refractivity contribution in [1.82, 2.24) is 0 Å². The Morgan fingerprint density at radius 2 is 1.04 bits per heavy atom. The van der Waals surface area contributed by atoms with E-state index in [0.29, 0.717) is 0 Å². The van der Waals surface area contributed by atoms with Crippen LogP contribution in [0.3, 0.4) is 0 Å². The maximum Gasteiger partial charge on any atom is 0.0468 e. The summed E-state index contributed by atoms with van der Waals surface area (Å²) in [6.07, 6.45) is 5.66. The second-order valence-corrected chi connectivity index (χ2v) is 11.1. The molecule has 0 aliphatic heterocycles. The van der Waals surface area contributed by atoms with Gasteiger partial charge in [-0.05, 0) is 97.4 Å². The zero-order valence-electron chi connectivity index (χ0n) is 25.1. The molecule has 0 saturated carbocycles. The standard InChI is InChI=1S/C44H33N/c1-3-13-32(4-2)34-20-24-38(25-21-34)45(39-26-22-35(23-27-39)33-14-7-5-8-15-33)40-28-29-42-43(36-16-9-6-10-17-36)30-37-18-11-12-19-41(37)44(42)31-40/h3-31H,1-2H2/b32-13+. The zero-order valence-corrected chi connectivity index (χ0v) is 25.1. The smallest absolute Gasteiger partial charge is 0.0468 e. The highest BCUT2D eigenvalue weighted by Gasteiger charge is 2.16. The first kappa shape index (κ1) is 27.9. The average molecular weight is 576 g/mol. The molecule has 1 heteroatoms. The van der Waals surface area contributed by atoms with Crippen LogP contribution in [0.1, 0.15) is 5.56 Å². The third-order valence-corrected chi connectivity index (χ3v) is 8.40. The summed E-state index contributed by atoms with van der Waals surface area (Å²) >= 11 is 0. The Hall–Kier alpha value is -5.92. The van der Waals surface area contributed by atoms with Crippen LogP contribution in [-0.2, 0) is 0 Å². The molecule has 7 rings (SSSR count). The summed E-state index contributed by atoms with van der Waals surface area (Å²) in [5, 5.41) is 4.95. The molecule has 0 fully saturated rings. The Morgan fingerprint density at radius 1 is 0.467 bits per heavy atom. The summed E-state index contributed by atoms with van der Waals surface area (Å²) in [6, 6.07) is 56.6. The lowest BCUT2D eigenvalue weighted by atomic mass is 9.93. The van der Waals surface area contributed by atoms with E-state index < -0.39 is 0 Å². The van der Waals surface area contributed by atoms with E-state index in [1.165, 1.54) is 43.8 Å². The highest BCUT2D eigenvalue weighted by molar-refractivity contribution is 6.15. The summed E-state index contributed by atoms with van der Waals surface area (Å²) in [5.74, 6) is 0. The molecule has 0 atom stereocenters. The SMILES string of the molecule is C=C/C=C(\C=C)c1ccc(N(c2ccc(-c3ccccc3)cc2)c2ccc3c(-c4ccccc4)cc4ccccc4c3c2)cc1. The van der Waals surface area contributed by atoms with Crippen LogP contribution in [0, 0.1) is 0 Å². The van der Waals surface area contributed by atoms with Crippen molar-refractivity contribution in [2.75, 3.05) is 4.90 Å². The van der Waals surface area contributed by atoms with Crippen LogP contribution >= 0.6 is 0 Å². The summed E-state index contributed by atoms with van der Waals surface area (Å²) in [4.78, 5) is 2.34. The first-order chi connectivity index (χ1) is 22.2. The van der Waals surface area contributed by atoms with E-state index in [4.69, 9.17) is 0 Å². The highest BCUT2D eigenvalue weighted by Crippen LogP contribution is 2.41. The van der Waals surface area contributed by atoms with Gasteiger partial charge in [0, 0.05) is 17.1 Å². The minimum Gasteiger partial charge on any atom is -0.310 e. The number of hydrogen-bond donors (Lipinski definition) is 0. The van der Waals surface area contributed by atoms with E-state index in [1.807, 2.05) is 12.2 Å². The Labute approximate surface area is 265 Å². The van der Waals surface area contributed by atoms with Gasteiger partial charge in [0.15, 0.2) is 0 Å². The number of anilines is 3. The second kappa shape index (κ2) is 12.4. The molecule has 0 saturated heterocycles. The first-order valence-corrected chi connectivity index (χ1v) is 15.3. The van der Waals surface area contributed by atoms with Gasteiger partial charge in [0.2, 0.25) is 0 Å². The molecule has 0 aliphatic rings. The van der Waals surface area contributed by atoms with E-state index in [1.54, 1.807) is 6.08 Å². The van der Waals surface area contributed by atoms with E-state index in [2.05, 4.69) is 176 Å². The molecular formula is C44H33N. The Morgan fingerprint density at radius 3 is 1.71 bits per heavy atom. The molecule has 0 amide bonds. The zero-order chi connectivity index (χ0) is 30.6. The molecule has 0 N–H and O–H groups in total.